The molecule has 0 saturated carbocycles. The Labute approximate surface area is 254 Å². The summed E-state index contributed by atoms with van der Waals surface area (Å²) in [5.74, 6) is -1.81. The first-order chi connectivity index (χ1) is 21.3. The number of rotatable bonds is 9. The second-order valence-corrected chi connectivity index (χ2v) is 11.0. The Kier molecular flexibility index (Phi) is 7.23. The number of fused-ring (bicyclic) bond motifs is 2. The predicted octanol–water partition coefficient (Wildman–Crippen LogP) is 7.43. The van der Waals surface area contributed by atoms with Crippen LogP contribution in [0.2, 0.25) is 5.02 Å². The Hall–Kier alpha value is -4.80. The summed E-state index contributed by atoms with van der Waals surface area (Å²) in [5.41, 5.74) is 3.81. The van der Waals surface area contributed by atoms with Crippen molar-refractivity contribution >= 4 is 39.6 Å². The van der Waals surface area contributed by atoms with Gasteiger partial charge in [0, 0.05) is 29.5 Å². The molecule has 0 spiro atoms. The summed E-state index contributed by atoms with van der Waals surface area (Å²) in [6, 6.07) is 17.3. The number of nitrogens with zero attached hydrogens (tertiary/aromatic N) is 3. The number of benzene rings is 3. The van der Waals surface area contributed by atoms with Gasteiger partial charge in [0.1, 0.15) is 23.8 Å². The van der Waals surface area contributed by atoms with Crippen molar-refractivity contribution < 1.29 is 32.6 Å². The van der Waals surface area contributed by atoms with E-state index in [0.717, 1.165) is 11.8 Å². The number of hydrogen-bond donors (Lipinski definition) is 1. The van der Waals surface area contributed by atoms with Crippen LogP contribution in [0.15, 0.2) is 77.4 Å². The number of carboxylic acid groups (broad SMARTS) is 1. The molecule has 1 saturated heterocycles. The zero-order valence-corrected chi connectivity index (χ0v) is 23.9. The van der Waals surface area contributed by atoms with Crippen molar-refractivity contribution in [1.29, 1.82) is 0 Å². The molecule has 4 heterocycles. The van der Waals surface area contributed by atoms with Gasteiger partial charge >= 0.3 is 5.97 Å². The molecule has 3 aromatic carbocycles. The van der Waals surface area contributed by atoms with E-state index in [1.807, 2.05) is 4.57 Å². The van der Waals surface area contributed by atoms with Crippen LogP contribution in [0, 0.1) is 11.6 Å². The van der Waals surface area contributed by atoms with Gasteiger partial charge in [-0.2, -0.15) is 0 Å². The maximum absolute atomic E-state index is 15.5. The number of imidazole rings is 1. The molecule has 3 aromatic heterocycles. The Bertz CT molecular complexity index is 2050. The molecule has 1 aliphatic heterocycles. The van der Waals surface area contributed by atoms with Crippen LogP contribution in [0.25, 0.3) is 33.3 Å². The normalized spacial score (nSPS) is 14.7. The fourth-order valence-corrected chi connectivity index (χ4v) is 5.54. The Morgan fingerprint density at radius 3 is 2.64 bits per heavy atom. The van der Waals surface area contributed by atoms with Gasteiger partial charge < -0.3 is 23.6 Å². The fraction of sp³-hybridized carbons (Fsp3) is 0.182. The van der Waals surface area contributed by atoms with Crippen LogP contribution in [-0.4, -0.2) is 38.3 Å². The third kappa shape index (κ3) is 5.27. The molecule has 1 fully saturated rings. The number of aromatic nitrogens is 3. The highest BCUT2D eigenvalue weighted by Crippen LogP contribution is 2.30. The molecule has 222 valence electrons. The average molecular weight is 616 g/mol. The van der Waals surface area contributed by atoms with Gasteiger partial charge in [0.15, 0.2) is 5.82 Å². The minimum atomic E-state index is -1.04. The maximum atomic E-state index is 15.5. The zero-order chi connectivity index (χ0) is 30.4. The first kappa shape index (κ1) is 28.0. The number of furan rings is 1. The summed E-state index contributed by atoms with van der Waals surface area (Å²) in [6.07, 6.45) is 2.55. The number of halogens is 3. The van der Waals surface area contributed by atoms with Gasteiger partial charge in [-0.25, -0.2) is 23.5 Å². The Morgan fingerprint density at radius 2 is 1.86 bits per heavy atom. The average Bonchev–Trinajstić information content (AvgIpc) is 3.62. The molecule has 6 aromatic rings. The number of hydrogen-bond acceptors (Lipinski definition) is 6. The molecule has 0 unspecified atom stereocenters. The molecule has 1 atom stereocenters. The minimum absolute atomic E-state index is 0.0112. The van der Waals surface area contributed by atoms with Gasteiger partial charge in [0.05, 0.1) is 46.2 Å². The number of aromatic carboxylic acids is 1. The third-order valence-corrected chi connectivity index (χ3v) is 8.10. The van der Waals surface area contributed by atoms with Crippen LogP contribution in [0.1, 0.15) is 33.7 Å². The van der Waals surface area contributed by atoms with Gasteiger partial charge in [0.2, 0.25) is 0 Å². The molecule has 44 heavy (non-hydrogen) atoms. The van der Waals surface area contributed by atoms with E-state index in [0.29, 0.717) is 63.0 Å². The molecule has 11 heteroatoms. The second kappa shape index (κ2) is 11.4. The van der Waals surface area contributed by atoms with E-state index < -0.39 is 17.6 Å². The minimum Gasteiger partial charge on any atom is -0.478 e. The van der Waals surface area contributed by atoms with Gasteiger partial charge in [-0.05, 0) is 60.5 Å². The SMILES string of the molecule is O=C(O)c1ccc2nc(Cc3ccc(-c4ccc(F)c(OCc5ccc(Cl)c6ccoc56)n4)cc3F)n(C[C@@H]3CCO3)c2c1. The highest BCUT2D eigenvalue weighted by molar-refractivity contribution is 6.35. The lowest BCUT2D eigenvalue weighted by molar-refractivity contribution is -0.0589. The lowest BCUT2D eigenvalue weighted by Gasteiger charge is -2.27. The number of ether oxygens (including phenoxy) is 2. The monoisotopic (exact) mass is 615 g/mol. The molecule has 0 amide bonds. The van der Waals surface area contributed by atoms with E-state index in [2.05, 4.69) is 4.98 Å². The van der Waals surface area contributed by atoms with Crippen LogP contribution >= 0.6 is 11.6 Å². The van der Waals surface area contributed by atoms with Gasteiger partial charge in [-0.15, -0.1) is 0 Å². The summed E-state index contributed by atoms with van der Waals surface area (Å²) in [5, 5.41) is 10.7. The summed E-state index contributed by atoms with van der Waals surface area (Å²) in [6.45, 7) is 1.14. The Morgan fingerprint density at radius 1 is 1.02 bits per heavy atom. The molecular weight excluding hydrogens is 592 g/mol. The van der Waals surface area contributed by atoms with E-state index in [4.69, 9.17) is 30.5 Å². The van der Waals surface area contributed by atoms with Crippen molar-refractivity contribution in [3.8, 4) is 17.1 Å². The molecule has 1 N–H and O–H groups in total. The van der Waals surface area contributed by atoms with Crippen molar-refractivity contribution in [3.63, 3.8) is 0 Å². The molecule has 8 nitrogen and oxygen atoms in total. The van der Waals surface area contributed by atoms with Gasteiger partial charge in [-0.3, -0.25) is 0 Å². The summed E-state index contributed by atoms with van der Waals surface area (Å²) < 4.78 is 48.9. The lowest BCUT2D eigenvalue weighted by Crippen LogP contribution is -2.31. The van der Waals surface area contributed by atoms with Crippen LogP contribution in [0.5, 0.6) is 5.88 Å². The van der Waals surface area contributed by atoms with Crippen LogP contribution in [0.4, 0.5) is 8.78 Å². The maximum Gasteiger partial charge on any atom is 0.335 e. The van der Waals surface area contributed by atoms with Crippen LogP contribution in [0.3, 0.4) is 0 Å². The van der Waals surface area contributed by atoms with Gasteiger partial charge in [-0.1, -0.05) is 29.8 Å². The van der Waals surface area contributed by atoms with Crippen LogP contribution < -0.4 is 4.74 Å². The van der Waals surface area contributed by atoms with Crippen molar-refractivity contribution in [2.24, 2.45) is 0 Å². The van der Waals surface area contributed by atoms with Crippen molar-refractivity contribution in [2.75, 3.05) is 6.61 Å². The standard InChI is InChI=1S/C33H24ClF2N3O5/c34-24-5-3-21(31-23(24)10-12-43-31)17-44-32-25(35)6-8-27(38-32)19-2-1-18(26(36)13-19)15-30-37-28-7-4-20(33(40)41)14-29(28)39(30)16-22-9-11-42-22/h1-8,10,12-14,22H,9,11,15-17H2,(H,40,41)/t22-/m0/s1. The van der Waals surface area contributed by atoms with Crippen molar-refractivity contribution in [2.45, 2.75) is 32.1 Å². The molecule has 0 bridgehead atoms. The quantitative estimate of drug-likeness (QED) is 0.180. The number of pyridine rings is 1. The highest BCUT2D eigenvalue weighted by atomic mass is 35.5. The summed E-state index contributed by atoms with van der Waals surface area (Å²) >= 11 is 6.21. The van der Waals surface area contributed by atoms with Crippen LogP contribution in [-0.2, 0) is 24.3 Å². The van der Waals surface area contributed by atoms with Crippen molar-refractivity contribution in [1.82, 2.24) is 14.5 Å². The number of carbonyl (C=O) groups is 1. The smallest absolute Gasteiger partial charge is 0.335 e. The molecule has 0 radical (unpaired) electrons. The Balaban J connectivity index is 1.14. The zero-order valence-electron chi connectivity index (χ0n) is 23.1. The molecular formula is C33H24ClF2N3O5. The first-order valence-corrected chi connectivity index (χ1v) is 14.3. The molecule has 1 aliphatic rings. The molecule has 0 aliphatic carbocycles. The topological polar surface area (TPSA) is 99.6 Å². The fourth-order valence-electron chi connectivity index (χ4n) is 5.33. The lowest BCUT2D eigenvalue weighted by atomic mass is 10.0. The summed E-state index contributed by atoms with van der Waals surface area (Å²) in [4.78, 5) is 20.6. The van der Waals surface area contributed by atoms with E-state index >= 15 is 4.39 Å². The van der Waals surface area contributed by atoms with E-state index in [1.54, 1.807) is 42.5 Å². The summed E-state index contributed by atoms with van der Waals surface area (Å²) in [7, 11) is 0. The van der Waals surface area contributed by atoms with E-state index in [-0.39, 0.29) is 30.6 Å². The van der Waals surface area contributed by atoms with Crippen molar-refractivity contribution in [3.05, 3.63) is 112 Å². The second-order valence-electron chi connectivity index (χ2n) is 10.6. The third-order valence-electron chi connectivity index (χ3n) is 7.77. The van der Waals surface area contributed by atoms with Gasteiger partial charge in [0.25, 0.3) is 5.88 Å². The van der Waals surface area contributed by atoms with E-state index in [1.165, 1.54) is 30.5 Å². The largest absolute Gasteiger partial charge is 0.478 e. The van der Waals surface area contributed by atoms with E-state index in [9.17, 15) is 14.3 Å². The number of carboxylic acids is 1. The predicted molar refractivity (Wildman–Crippen MR) is 159 cm³/mol. The molecule has 7 rings (SSSR count). The first-order valence-electron chi connectivity index (χ1n) is 13.9. The highest BCUT2D eigenvalue weighted by Gasteiger charge is 2.23.